The molecule has 0 saturated heterocycles. The summed E-state index contributed by atoms with van der Waals surface area (Å²) in [5, 5.41) is 1.26. The third-order valence-corrected chi connectivity index (χ3v) is 4.81. The summed E-state index contributed by atoms with van der Waals surface area (Å²) in [7, 11) is 0. The zero-order chi connectivity index (χ0) is 11.8. The van der Waals surface area contributed by atoms with Crippen LogP contribution in [0.15, 0.2) is 30.3 Å². The van der Waals surface area contributed by atoms with Crippen LogP contribution in [0.4, 0.5) is 0 Å². The third kappa shape index (κ3) is 2.11. The minimum atomic E-state index is 0.651. The van der Waals surface area contributed by atoms with Gasteiger partial charge in [-0.15, -0.1) is 0 Å². The number of pyridine rings is 1. The lowest BCUT2D eigenvalue weighted by Crippen LogP contribution is -2.04. The summed E-state index contributed by atoms with van der Waals surface area (Å²) in [6.07, 6.45) is 3.94. The van der Waals surface area contributed by atoms with Crippen LogP contribution < -0.4 is 0 Å². The number of nitrogens with zero attached hydrogens (tertiary/aromatic N) is 1. The summed E-state index contributed by atoms with van der Waals surface area (Å²) in [5.74, 6) is 0.681. The molecule has 88 valence electrons. The van der Waals surface area contributed by atoms with Crippen LogP contribution in [-0.4, -0.2) is 9.81 Å². The van der Waals surface area contributed by atoms with Gasteiger partial charge in [0, 0.05) is 15.9 Å². The fourth-order valence-electron chi connectivity index (χ4n) is 2.77. The van der Waals surface area contributed by atoms with Crippen molar-refractivity contribution in [1.82, 2.24) is 4.98 Å². The number of aryl methyl sites for hydroxylation is 1. The highest BCUT2D eigenvalue weighted by Crippen LogP contribution is 2.39. The fraction of sp³-hybridized carbons (Fsp3) is 0.400. The van der Waals surface area contributed by atoms with E-state index < -0.39 is 0 Å². The fourth-order valence-corrected chi connectivity index (χ4v) is 3.66. The molecule has 2 heteroatoms. The maximum atomic E-state index is 4.55. The Morgan fingerprint density at radius 3 is 2.82 bits per heavy atom. The molecule has 0 spiro atoms. The van der Waals surface area contributed by atoms with Gasteiger partial charge in [-0.05, 0) is 49.4 Å². The molecule has 0 amide bonds. The molecule has 1 aliphatic rings. The van der Waals surface area contributed by atoms with Crippen molar-refractivity contribution in [2.45, 2.75) is 36.9 Å². The lowest BCUT2D eigenvalue weighted by atomic mass is 9.96. The van der Waals surface area contributed by atoms with Crippen molar-refractivity contribution in [1.29, 1.82) is 0 Å². The summed E-state index contributed by atoms with van der Waals surface area (Å²) in [6.45, 7) is 2.04. The van der Waals surface area contributed by atoms with E-state index in [2.05, 4.69) is 51.2 Å². The Labute approximate surface area is 110 Å². The predicted octanol–water partition coefficient (Wildman–Crippen LogP) is 4.57. The third-order valence-electron chi connectivity index (χ3n) is 3.71. The number of halogens is 1. The lowest BCUT2D eigenvalue weighted by molar-refractivity contribution is 0.744. The van der Waals surface area contributed by atoms with Gasteiger partial charge in [0.25, 0.3) is 0 Å². The Hall–Kier alpha value is -0.890. The molecule has 1 fully saturated rings. The zero-order valence-electron chi connectivity index (χ0n) is 9.99. The van der Waals surface area contributed by atoms with Gasteiger partial charge in [-0.3, -0.25) is 4.98 Å². The van der Waals surface area contributed by atoms with Crippen LogP contribution >= 0.6 is 15.9 Å². The molecule has 1 aromatic heterocycles. The molecule has 17 heavy (non-hydrogen) atoms. The molecular formula is C15H16BrN. The first kappa shape index (κ1) is 11.2. The summed E-state index contributed by atoms with van der Waals surface area (Å²) < 4.78 is 0. The van der Waals surface area contributed by atoms with Crippen molar-refractivity contribution >= 4 is 26.8 Å². The average molecular weight is 290 g/mol. The van der Waals surface area contributed by atoms with Gasteiger partial charge in [-0.25, -0.2) is 0 Å². The van der Waals surface area contributed by atoms with Crippen LogP contribution in [0.25, 0.3) is 10.9 Å². The molecule has 2 unspecified atom stereocenters. The molecule has 0 aliphatic heterocycles. The zero-order valence-corrected chi connectivity index (χ0v) is 11.6. The van der Waals surface area contributed by atoms with Gasteiger partial charge >= 0.3 is 0 Å². The molecule has 0 radical (unpaired) electrons. The monoisotopic (exact) mass is 289 g/mol. The van der Waals surface area contributed by atoms with Crippen molar-refractivity contribution in [2.75, 3.05) is 0 Å². The van der Waals surface area contributed by atoms with E-state index in [-0.39, 0.29) is 0 Å². The highest BCUT2D eigenvalue weighted by atomic mass is 79.9. The van der Waals surface area contributed by atoms with Crippen LogP contribution in [-0.2, 0) is 0 Å². The molecule has 2 aromatic rings. The summed E-state index contributed by atoms with van der Waals surface area (Å²) in [5.41, 5.74) is 3.66. The Kier molecular flexibility index (Phi) is 2.91. The Bertz CT molecular complexity index is 550. The Balaban J connectivity index is 2.04. The second kappa shape index (κ2) is 4.41. The quantitative estimate of drug-likeness (QED) is 0.701. The van der Waals surface area contributed by atoms with Crippen molar-refractivity contribution in [2.24, 2.45) is 0 Å². The Morgan fingerprint density at radius 1 is 1.18 bits per heavy atom. The van der Waals surface area contributed by atoms with Gasteiger partial charge in [0.05, 0.1) is 5.52 Å². The number of hydrogen-bond acceptors (Lipinski definition) is 1. The summed E-state index contributed by atoms with van der Waals surface area (Å²) >= 11 is 3.80. The topological polar surface area (TPSA) is 12.9 Å². The van der Waals surface area contributed by atoms with Crippen LogP contribution in [0.1, 0.15) is 36.4 Å². The standard InChI is InChI=1S/C15H16BrN/c1-10-5-6-12-9-11(7-8-15(12)17-10)13-3-2-4-14(13)16/h5-9,13-14H,2-4H2,1H3. The van der Waals surface area contributed by atoms with Crippen molar-refractivity contribution in [3.63, 3.8) is 0 Å². The Morgan fingerprint density at radius 2 is 2.06 bits per heavy atom. The normalized spacial score (nSPS) is 24.4. The van der Waals surface area contributed by atoms with E-state index in [4.69, 9.17) is 0 Å². The van der Waals surface area contributed by atoms with Crippen LogP contribution in [0.2, 0.25) is 0 Å². The van der Waals surface area contributed by atoms with Crippen molar-refractivity contribution in [3.8, 4) is 0 Å². The van der Waals surface area contributed by atoms with Crippen LogP contribution in [0.3, 0.4) is 0 Å². The van der Waals surface area contributed by atoms with Gasteiger partial charge in [0.2, 0.25) is 0 Å². The van der Waals surface area contributed by atoms with E-state index >= 15 is 0 Å². The average Bonchev–Trinajstić information content (AvgIpc) is 2.75. The maximum Gasteiger partial charge on any atom is 0.0705 e. The molecule has 0 bridgehead atoms. The number of benzene rings is 1. The van der Waals surface area contributed by atoms with Crippen LogP contribution in [0.5, 0.6) is 0 Å². The molecule has 0 N–H and O–H groups in total. The first-order chi connectivity index (χ1) is 8.24. The largest absolute Gasteiger partial charge is 0.253 e. The van der Waals surface area contributed by atoms with Crippen LogP contribution in [0, 0.1) is 6.92 Å². The summed E-state index contributed by atoms with van der Waals surface area (Å²) in [6, 6.07) is 11.0. The lowest BCUT2D eigenvalue weighted by Gasteiger charge is -2.15. The van der Waals surface area contributed by atoms with Gasteiger partial charge < -0.3 is 0 Å². The molecule has 1 heterocycles. The van der Waals surface area contributed by atoms with E-state index in [0.717, 1.165) is 11.2 Å². The number of rotatable bonds is 1. The van der Waals surface area contributed by atoms with Gasteiger partial charge in [-0.1, -0.05) is 34.5 Å². The van der Waals surface area contributed by atoms with Crippen molar-refractivity contribution in [3.05, 3.63) is 41.6 Å². The van der Waals surface area contributed by atoms with Gasteiger partial charge in [0.1, 0.15) is 0 Å². The van der Waals surface area contributed by atoms with Gasteiger partial charge in [0.15, 0.2) is 0 Å². The minimum absolute atomic E-state index is 0.651. The molecule has 2 atom stereocenters. The van der Waals surface area contributed by atoms with E-state index in [1.54, 1.807) is 0 Å². The highest BCUT2D eigenvalue weighted by molar-refractivity contribution is 9.09. The number of fused-ring (bicyclic) bond motifs is 1. The number of aromatic nitrogens is 1. The first-order valence-corrected chi connectivity index (χ1v) is 7.17. The predicted molar refractivity (Wildman–Crippen MR) is 75.8 cm³/mol. The first-order valence-electron chi connectivity index (χ1n) is 6.25. The number of alkyl halides is 1. The minimum Gasteiger partial charge on any atom is -0.253 e. The highest BCUT2D eigenvalue weighted by Gasteiger charge is 2.26. The molecule has 3 rings (SSSR count). The number of hydrogen-bond donors (Lipinski definition) is 0. The molecule has 1 nitrogen and oxygen atoms in total. The van der Waals surface area contributed by atoms with Crippen molar-refractivity contribution < 1.29 is 0 Å². The second-order valence-electron chi connectivity index (χ2n) is 4.96. The smallest absolute Gasteiger partial charge is 0.0705 e. The second-order valence-corrected chi connectivity index (χ2v) is 6.13. The van der Waals surface area contributed by atoms with E-state index in [1.165, 1.54) is 30.2 Å². The van der Waals surface area contributed by atoms with E-state index in [0.29, 0.717) is 10.7 Å². The van der Waals surface area contributed by atoms with E-state index in [9.17, 15) is 0 Å². The van der Waals surface area contributed by atoms with Gasteiger partial charge in [-0.2, -0.15) is 0 Å². The molecular weight excluding hydrogens is 274 g/mol. The SMILES string of the molecule is Cc1ccc2cc(C3CCCC3Br)ccc2n1. The molecule has 1 saturated carbocycles. The maximum absolute atomic E-state index is 4.55. The summed E-state index contributed by atoms with van der Waals surface area (Å²) in [4.78, 5) is 5.20. The molecule has 1 aromatic carbocycles. The van der Waals surface area contributed by atoms with E-state index in [1.807, 2.05) is 6.92 Å². The molecule has 1 aliphatic carbocycles.